The first-order valence-corrected chi connectivity index (χ1v) is 6.37. The Morgan fingerprint density at radius 2 is 2.11 bits per heavy atom. The van der Waals surface area contributed by atoms with Crippen molar-refractivity contribution in [3.63, 3.8) is 0 Å². The summed E-state index contributed by atoms with van der Waals surface area (Å²) in [5.41, 5.74) is 1.13. The number of carbonyl (C=O) groups excluding carboxylic acids is 1. The predicted molar refractivity (Wildman–Crippen MR) is 66.1 cm³/mol. The van der Waals surface area contributed by atoms with Gasteiger partial charge in [0.05, 0.1) is 18.8 Å². The van der Waals surface area contributed by atoms with E-state index < -0.39 is 0 Å². The van der Waals surface area contributed by atoms with Gasteiger partial charge in [-0.25, -0.2) is 4.79 Å². The van der Waals surface area contributed by atoms with Crippen molar-refractivity contribution in [2.45, 2.75) is 38.1 Å². The predicted octanol–water partition coefficient (Wildman–Crippen LogP) is 2.18. The average molecular weight is 247 g/mol. The van der Waals surface area contributed by atoms with Crippen LogP contribution in [-0.4, -0.2) is 35.8 Å². The van der Waals surface area contributed by atoms with E-state index in [0.717, 1.165) is 12.0 Å². The first-order valence-electron chi connectivity index (χ1n) is 6.37. The van der Waals surface area contributed by atoms with Crippen molar-refractivity contribution in [1.29, 1.82) is 0 Å². The molecule has 0 aliphatic carbocycles. The summed E-state index contributed by atoms with van der Waals surface area (Å²) in [6.45, 7) is 3.18. The van der Waals surface area contributed by atoms with E-state index in [1.54, 1.807) is 0 Å². The van der Waals surface area contributed by atoms with Gasteiger partial charge >= 0.3 is 6.09 Å². The summed E-state index contributed by atoms with van der Waals surface area (Å²) in [5.74, 6) is 0. The molecule has 2 saturated heterocycles. The Labute approximate surface area is 106 Å². The quantitative estimate of drug-likeness (QED) is 0.804. The van der Waals surface area contributed by atoms with Crippen LogP contribution < -0.4 is 0 Å². The Bertz CT molecular complexity index is 434. The van der Waals surface area contributed by atoms with Gasteiger partial charge in [-0.3, -0.25) is 4.90 Å². The minimum atomic E-state index is -0.216. The van der Waals surface area contributed by atoms with Crippen LogP contribution in [0, 0.1) is 0 Å². The van der Waals surface area contributed by atoms with Gasteiger partial charge in [0.2, 0.25) is 0 Å². The number of rotatable bonds is 2. The van der Waals surface area contributed by atoms with Gasteiger partial charge < -0.3 is 9.47 Å². The number of carbonyl (C=O) groups is 1. The van der Waals surface area contributed by atoms with E-state index in [1.165, 1.54) is 0 Å². The Morgan fingerprint density at radius 1 is 1.33 bits per heavy atom. The molecule has 0 N–H and O–H groups in total. The highest BCUT2D eigenvalue weighted by Crippen LogP contribution is 2.29. The molecule has 4 nitrogen and oxygen atoms in total. The normalized spacial score (nSPS) is 31.1. The van der Waals surface area contributed by atoms with E-state index in [-0.39, 0.29) is 24.3 Å². The third-order valence-electron chi connectivity index (χ3n) is 3.63. The van der Waals surface area contributed by atoms with Crippen LogP contribution in [-0.2, 0) is 16.0 Å². The van der Waals surface area contributed by atoms with Crippen LogP contribution >= 0.6 is 0 Å². The summed E-state index contributed by atoms with van der Waals surface area (Å²) in [7, 11) is 0. The van der Waals surface area contributed by atoms with Crippen molar-refractivity contribution in [3.8, 4) is 0 Å². The standard InChI is InChI=1S/C14H17NO3/c1-10-7-12-13(9-17-10)18-14(16)15(12)8-11-5-3-2-4-6-11/h2-6,10,12-13H,7-9H2,1H3/t10-,12+,13+/m1/s1. The van der Waals surface area contributed by atoms with Gasteiger partial charge in [0.25, 0.3) is 0 Å². The molecule has 4 heteroatoms. The second kappa shape index (κ2) is 4.61. The van der Waals surface area contributed by atoms with Crippen molar-refractivity contribution in [2.75, 3.05) is 6.61 Å². The van der Waals surface area contributed by atoms with Gasteiger partial charge in [0.1, 0.15) is 6.10 Å². The number of fused-ring (bicyclic) bond motifs is 1. The summed E-state index contributed by atoms with van der Waals surface area (Å²) >= 11 is 0. The third-order valence-corrected chi connectivity index (χ3v) is 3.63. The zero-order valence-electron chi connectivity index (χ0n) is 10.4. The maximum atomic E-state index is 11.9. The van der Waals surface area contributed by atoms with E-state index in [9.17, 15) is 4.79 Å². The Morgan fingerprint density at radius 3 is 2.89 bits per heavy atom. The lowest BCUT2D eigenvalue weighted by Crippen LogP contribution is -2.44. The minimum Gasteiger partial charge on any atom is -0.441 e. The highest BCUT2D eigenvalue weighted by Gasteiger charge is 2.44. The molecule has 96 valence electrons. The van der Waals surface area contributed by atoms with Gasteiger partial charge in [-0.05, 0) is 18.9 Å². The van der Waals surface area contributed by atoms with Crippen LogP contribution in [0.4, 0.5) is 4.79 Å². The molecule has 1 aromatic carbocycles. The number of hydrogen-bond acceptors (Lipinski definition) is 3. The first kappa shape index (κ1) is 11.5. The van der Waals surface area contributed by atoms with Gasteiger partial charge in [-0.15, -0.1) is 0 Å². The molecule has 2 aliphatic rings. The Kier molecular flexibility index (Phi) is 2.96. The van der Waals surface area contributed by atoms with Crippen molar-refractivity contribution in [2.24, 2.45) is 0 Å². The topological polar surface area (TPSA) is 38.8 Å². The lowest BCUT2D eigenvalue weighted by molar-refractivity contribution is -0.0510. The van der Waals surface area contributed by atoms with E-state index in [4.69, 9.17) is 9.47 Å². The van der Waals surface area contributed by atoms with Crippen LogP contribution in [0.3, 0.4) is 0 Å². The molecule has 0 spiro atoms. The summed E-state index contributed by atoms with van der Waals surface area (Å²) in [6.07, 6.45) is 0.728. The summed E-state index contributed by atoms with van der Waals surface area (Å²) in [5, 5.41) is 0. The molecule has 0 aromatic heterocycles. The van der Waals surface area contributed by atoms with Gasteiger partial charge in [0, 0.05) is 6.54 Å². The molecular formula is C14H17NO3. The van der Waals surface area contributed by atoms with Crippen molar-refractivity contribution in [1.82, 2.24) is 4.90 Å². The maximum absolute atomic E-state index is 11.9. The largest absolute Gasteiger partial charge is 0.441 e. The van der Waals surface area contributed by atoms with Crippen molar-refractivity contribution >= 4 is 6.09 Å². The molecule has 18 heavy (non-hydrogen) atoms. The molecule has 3 rings (SSSR count). The molecule has 0 saturated carbocycles. The lowest BCUT2D eigenvalue weighted by atomic mass is 10.0. The average Bonchev–Trinajstić information content (AvgIpc) is 2.67. The van der Waals surface area contributed by atoms with Crippen molar-refractivity contribution in [3.05, 3.63) is 35.9 Å². The minimum absolute atomic E-state index is 0.0996. The summed E-state index contributed by atoms with van der Waals surface area (Å²) in [6, 6.07) is 10.2. The van der Waals surface area contributed by atoms with Crippen molar-refractivity contribution < 1.29 is 14.3 Å². The summed E-state index contributed by atoms with van der Waals surface area (Å²) < 4.78 is 10.9. The van der Waals surface area contributed by atoms with Crippen LogP contribution in [0.25, 0.3) is 0 Å². The second-order valence-corrected chi connectivity index (χ2v) is 4.98. The molecular weight excluding hydrogens is 230 g/mol. The van der Waals surface area contributed by atoms with Crippen LogP contribution in [0.2, 0.25) is 0 Å². The molecule has 0 unspecified atom stereocenters. The van der Waals surface area contributed by atoms with E-state index in [2.05, 4.69) is 0 Å². The number of hydrogen-bond donors (Lipinski definition) is 0. The van der Waals surface area contributed by atoms with Gasteiger partial charge in [-0.1, -0.05) is 30.3 Å². The zero-order chi connectivity index (χ0) is 12.5. The Hall–Kier alpha value is -1.55. The highest BCUT2D eigenvalue weighted by molar-refractivity contribution is 5.70. The fourth-order valence-corrected chi connectivity index (χ4v) is 2.67. The van der Waals surface area contributed by atoms with Crippen LogP contribution in [0.15, 0.2) is 30.3 Å². The maximum Gasteiger partial charge on any atom is 0.410 e. The molecule has 2 aliphatic heterocycles. The number of benzene rings is 1. The third kappa shape index (κ3) is 2.08. The van der Waals surface area contributed by atoms with E-state index in [1.807, 2.05) is 42.2 Å². The van der Waals surface area contributed by atoms with Crippen LogP contribution in [0.5, 0.6) is 0 Å². The van der Waals surface area contributed by atoms with Gasteiger partial charge in [-0.2, -0.15) is 0 Å². The SMILES string of the molecule is C[C@@H]1C[C@H]2[C@H](CO1)OC(=O)N2Cc1ccccc1. The first-order chi connectivity index (χ1) is 8.74. The van der Waals surface area contributed by atoms with E-state index in [0.29, 0.717) is 13.2 Å². The zero-order valence-corrected chi connectivity index (χ0v) is 10.4. The molecule has 1 aromatic rings. The molecule has 1 amide bonds. The molecule has 2 heterocycles. The number of ether oxygens (including phenoxy) is 2. The fraction of sp³-hybridized carbons (Fsp3) is 0.500. The highest BCUT2D eigenvalue weighted by atomic mass is 16.6. The monoisotopic (exact) mass is 247 g/mol. The molecule has 3 atom stereocenters. The lowest BCUT2D eigenvalue weighted by Gasteiger charge is -2.31. The van der Waals surface area contributed by atoms with Crippen LogP contribution in [0.1, 0.15) is 18.9 Å². The van der Waals surface area contributed by atoms with E-state index >= 15 is 0 Å². The summed E-state index contributed by atoms with van der Waals surface area (Å²) in [4.78, 5) is 13.7. The number of nitrogens with zero attached hydrogens (tertiary/aromatic N) is 1. The smallest absolute Gasteiger partial charge is 0.410 e. The number of amides is 1. The molecule has 0 radical (unpaired) electrons. The fourth-order valence-electron chi connectivity index (χ4n) is 2.67. The Balaban J connectivity index is 1.76. The second-order valence-electron chi connectivity index (χ2n) is 4.98. The molecule has 0 bridgehead atoms. The van der Waals surface area contributed by atoms with Gasteiger partial charge in [0.15, 0.2) is 0 Å². The molecule has 2 fully saturated rings.